The predicted molar refractivity (Wildman–Crippen MR) is 119 cm³/mol. The van der Waals surface area contributed by atoms with Crippen LogP contribution in [0.5, 0.6) is 0 Å². The molecule has 0 aromatic heterocycles. The number of hydrogen-bond acceptors (Lipinski definition) is 6. The van der Waals surface area contributed by atoms with Crippen LogP contribution in [0.1, 0.15) is 19.4 Å². The third-order valence-corrected chi connectivity index (χ3v) is 7.60. The normalized spacial score (nSPS) is 11.7. The monoisotopic (exact) mass is 464 g/mol. The summed E-state index contributed by atoms with van der Waals surface area (Å²) in [4.78, 5) is 12.6. The van der Waals surface area contributed by atoms with Crippen LogP contribution in [-0.4, -0.2) is 52.9 Å². The highest BCUT2D eigenvalue weighted by molar-refractivity contribution is 7.92. The highest BCUT2D eigenvalue weighted by Crippen LogP contribution is 2.21. The Bertz CT molecular complexity index is 1200. The maximum absolute atomic E-state index is 12.7. The van der Waals surface area contributed by atoms with Gasteiger partial charge in [0.25, 0.3) is 0 Å². The molecule has 0 saturated heterocycles. The Balaban J connectivity index is 2.27. The average molecular weight is 465 g/mol. The highest BCUT2D eigenvalue weighted by atomic mass is 32.2. The smallest absolute Gasteiger partial charge is 0.245 e. The van der Waals surface area contributed by atoms with Gasteiger partial charge in [0.05, 0.1) is 28.5 Å². The maximum atomic E-state index is 12.7. The molecule has 0 spiro atoms. The lowest BCUT2D eigenvalue weighted by atomic mass is 10.2. The van der Waals surface area contributed by atoms with Crippen molar-refractivity contribution in [1.82, 2.24) is 4.31 Å². The quantitative estimate of drug-likeness (QED) is 0.604. The zero-order valence-electron chi connectivity index (χ0n) is 17.4. The summed E-state index contributed by atoms with van der Waals surface area (Å²) < 4.78 is 52.0. The van der Waals surface area contributed by atoms with E-state index in [1.54, 1.807) is 13.8 Å². The second-order valence-corrected chi connectivity index (χ2v) is 10.4. The summed E-state index contributed by atoms with van der Waals surface area (Å²) in [5.41, 5.74) is 0.646. The summed E-state index contributed by atoms with van der Waals surface area (Å²) >= 11 is 0. The Labute approximate surface area is 183 Å². The Morgan fingerprint density at radius 1 is 1.03 bits per heavy atom. The van der Waals surface area contributed by atoms with E-state index in [-0.39, 0.29) is 21.8 Å². The SMILES string of the molecule is CCN(CC)S(=O)(=O)c1cccc(NC(=O)CN(c2cccc(C#N)c2)S(C)(=O)=O)c1. The molecule has 9 nitrogen and oxygen atoms in total. The van der Waals surface area contributed by atoms with Gasteiger partial charge in [0, 0.05) is 18.8 Å². The third kappa shape index (κ3) is 6.04. The van der Waals surface area contributed by atoms with Crippen molar-refractivity contribution in [2.45, 2.75) is 18.7 Å². The van der Waals surface area contributed by atoms with Crippen LogP contribution in [0.4, 0.5) is 11.4 Å². The molecule has 0 atom stereocenters. The van der Waals surface area contributed by atoms with E-state index in [4.69, 9.17) is 5.26 Å². The molecule has 166 valence electrons. The van der Waals surface area contributed by atoms with E-state index in [1.807, 2.05) is 6.07 Å². The first kappa shape index (κ1) is 24.3. The molecule has 1 N–H and O–H groups in total. The summed E-state index contributed by atoms with van der Waals surface area (Å²) in [7, 11) is -7.53. The number of nitrogens with one attached hydrogen (secondary N) is 1. The van der Waals surface area contributed by atoms with Crippen molar-refractivity contribution in [3.8, 4) is 6.07 Å². The number of benzene rings is 2. The van der Waals surface area contributed by atoms with E-state index in [9.17, 15) is 21.6 Å². The van der Waals surface area contributed by atoms with Crippen molar-refractivity contribution in [1.29, 1.82) is 5.26 Å². The second-order valence-electron chi connectivity index (χ2n) is 6.60. The maximum Gasteiger partial charge on any atom is 0.245 e. The molecule has 2 aromatic carbocycles. The molecule has 0 aliphatic rings. The number of sulfonamides is 2. The molecule has 2 rings (SSSR count). The van der Waals surface area contributed by atoms with Gasteiger partial charge in [-0.05, 0) is 36.4 Å². The standard InChI is InChI=1S/C20H24N4O5S2/c1-4-23(5-2)31(28,29)19-11-7-9-17(13-19)22-20(25)15-24(30(3,26)27)18-10-6-8-16(12-18)14-21/h6-13H,4-5,15H2,1-3H3,(H,22,25). The number of carbonyl (C=O) groups is 1. The van der Waals surface area contributed by atoms with Crippen molar-refractivity contribution in [3.05, 3.63) is 54.1 Å². The van der Waals surface area contributed by atoms with Crippen LogP contribution in [0.25, 0.3) is 0 Å². The molecule has 0 aliphatic carbocycles. The van der Waals surface area contributed by atoms with Gasteiger partial charge in [-0.15, -0.1) is 0 Å². The summed E-state index contributed by atoms with van der Waals surface area (Å²) in [5, 5.41) is 11.6. The predicted octanol–water partition coefficient (Wildman–Crippen LogP) is 1.99. The number of anilines is 2. The second kappa shape index (κ2) is 9.91. The summed E-state index contributed by atoms with van der Waals surface area (Å²) in [5.74, 6) is -0.662. The van der Waals surface area contributed by atoms with E-state index >= 15 is 0 Å². The van der Waals surface area contributed by atoms with Gasteiger partial charge in [-0.3, -0.25) is 9.10 Å². The summed E-state index contributed by atoms with van der Waals surface area (Å²) in [6, 6.07) is 13.6. The first-order valence-electron chi connectivity index (χ1n) is 9.40. The van der Waals surface area contributed by atoms with Crippen molar-refractivity contribution >= 4 is 37.3 Å². The lowest BCUT2D eigenvalue weighted by Gasteiger charge is -2.22. The molecule has 0 saturated carbocycles. The van der Waals surface area contributed by atoms with E-state index in [0.717, 1.165) is 10.6 Å². The highest BCUT2D eigenvalue weighted by Gasteiger charge is 2.23. The topological polar surface area (TPSA) is 128 Å². The van der Waals surface area contributed by atoms with Crippen LogP contribution in [0, 0.1) is 11.3 Å². The van der Waals surface area contributed by atoms with Gasteiger partial charge in [0.1, 0.15) is 6.54 Å². The molecule has 11 heteroatoms. The molecule has 0 radical (unpaired) electrons. The zero-order chi connectivity index (χ0) is 23.2. The van der Waals surface area contributed by atoms with E-state index in [2.05, 4.69) is 5.32 Å². The van der Waals surface area contributed by atoms with Gasteiger partial charge in [-0.1, -0.05) is 26.0 Å². The van der Waals surface area contributed by atoms with Gasteiger partial charge in [-0.2, -0.15) is 9.57 Å². The number of nitrogens with zero attached hydrogens (tertiary/aromatic N) is 3. The molecule has 0 fully saturated rings. The van der Waals surface area contributed by atoms with Crippen molar-refractivity contribution in [2.24, 2.45) is 0 Å². The van der Waals surface area contributed by atoms with E-state index in [0.29, 0.717) is 13.1 Å². The van der Waals surface area contributed by atoms with Crippen LogP contribution in [0.15, 0.2) is 53.4 Å². The van der Waals surface area contributed by atoms with Crippen LogP contribution in [-0.2, 0) is 24.8 Å². The molecule has 0 heterocycles. The fourth-order valence-electron chi connectivity index (χ4n) is 2.91. The lowest BCUT2D eigenvalue weighted by molar-refractivity contribution is -0.114. The van der Waals surface area contributed by atoms with Gasteiger partial charge in [0.15, 0.2) is 0 Å². The fourth-order valence-corrected chi connectivity index (χ4v) is 5.26. The van der Waals surface area contributed by atoms with Crippen LogP contribution < -0.4 is 9.62 Å². The molecule has 0 bridgehead atoms. The van der Waals surface area contributed by atoms with Crippen molar-refractivity contribution < 1.29 is 21.6 Å². The van der Waals surface area contributed by atoms with Crippen LogP contribution >= 0.6 is 0 Å². The minimum atomic E-state index is -3.82. The number of hydrogen-bond donors (Lipinski definition) is 1. The Morgan fingerprint density at radius 3 is 2.26 bits per heavy atom. The molecule has 2 aromatic rings. The first-order chi connectivity index (χ1) is 14.5. The number of rotatable bonds is 9. The minimum absolute atomic E-state index is 0.0238. The van der Waals surface area contributed by atoms with E-state index < -0.39 is 32.5 Å². The molecule has 31 heavy (non-hydrogen) atoms. The zero-order valence-corrected chi connectivity index (χ0v) is 19.1. The van der Waals surface area contributed by atoms with Crippen molar-refractivity contribution in [3.63, 3.8) is 0 Å². The Hall–Kier alpha value is -2.94. The largest absolute Gasteiger partial charge is 0.324 e. The van der Waals surface area contributed by atoms with Gasteiger partial charge >= 0.3 is 0 Å². The number of carbonyl (C=O) groups excluding carboxylic acids is 1. The Kier molecular flexibility index (Phi) is 7.78. The van der Waals surface area contributed by atoms with Crippen molar-refractivity contribution in [2.75, 3.05) is 35.5 Å². The Morgan fingerprint density at radius 2 is 1.68 bits per heavy atom. The van der Waals surface area contributed by atoms with Gasteiger partial charge in [-0.25, -0.2) is 16.8 Å². The van der Waals surface area contributed by atoms with E-state index in [1.165, 1.54) is 52.8 Å². The molecular weight excluding hydrogens is 440 g/mol. The lowest BCUT2D eigenvalue weighted by Crippen LogP contribution is -2.37. The fraction of sp³-hybridized carbons (Fsp3) is 0.300. The van der Waals surface area contributed by atoms with Crippen LogP contribution in [0.3, 0.4) is 0 Å². The third-order valence-electron chi connectivity index (χ3n) is 4.41. The summed E-state index contributed by atoms with van der Waals surface area (Å²) in [6.45, 7) is 3.53. The molecular formula is C20H24N4O5S2. The summed E-state index contributed by atoms with van der Waals surface area (Å²) in [6.07, 6.45) is 0.955. The molecule has 0 unspecified atom stereocenters. The average Bonchev–Trinajstić information content (AvgIpc) is 2.72. The van der Waals surface area contributed by atoms with Crippen LogP contribution in [0.2, 0.25) is 0 Å². The first-order valence-corrected chi connectivity index (χ1v) is 12.7. The minimum Gasteiger partial charge on any atom is -0.324 e. The number of amides is 1. The molecule has 0 aliphatic heterocycles. The van der Waals surface area contributed by atoms with Gasteiger partial charge in [0.2, 0.25) is 26.0 Å². The van der Waals surface area contributed by atoms with Gasteiger partial charge < -0.3 is 5.32 Å². The number of nitriles is 1. The molecule has 1 amide bonds.